The second-order valence-electron chi connectivity index (χ2n) is 9.09. The molecule has 0 saturated carbocycles. The lowest BCUT2D eigenvalue weighted by Crippen LogP contribution is -2.02. The van der Waals surface area contributed by atoms with Crippen LogP contribution in [0, 0.1) is 11.6 Å². The summed E-state index contributed by atoms with van der Waals surface area (Å²) in [6, 6.07) is 14.3. The molecular weight excluding hydrogens is 478 g/mol. The van der Waals surface area contributed by atoms with E-state index in [1.807, 2.05) is 30.3 Å². The standard InChI is InChI=1S/C30H31ClF2N2O/c1-2-3-4-5-16-36-25-19-34-29(35-20-25)15-9-21-7-13-26-24(17-21)12-11-23(30(26)33)10-6-22-8-14-27(31)28(32)18-22/h7-8,11-14,17-20H,2-6,9-10,15-16H2,1H3. The average molecular weight is 509 g/mol. The number of aromatic nitrogens is 2. The molecule has 188 valence electrons. The van der Waals surface area contributed by atoms with Crippen molar-refractivity contribution in [2.24, 2.45) is 0 Å². The van der Waals surface area contributed by atoms with Crippen LogP contribution in [-0.4, -0.2) is 16.6 Å². The molecule has 0 bridgehead atoms. The number of hydrogen-bond donors (Lipinski definition) is 0. The van der Waals surface area contributed by atoms with Gasteiger partial charge in [-0.1, -0.05) is 74.2 Å². The van der Waals surface area contributed by atoms with E-state index in [4.69, 9.17) is 16.3 Å². The predicted molar refractivity (Wildman–Crippen MR) is 142 cm³/mol. The van der Waals surface area contributed by atoms with Gasteiger partial charge < -0.3 is 4.74 Å². The third-order valence-electron chi connectivity index (χ3n) is 6.35. The Bertz CT molecular complexity index is 1290. The lowest BCUT2D eigenvalue weighted by atomic mass is 9.98. The van der Waals surface area contributed by atoms with Crippen LogP contribution in [0.25, 0.3) is 10.8 Å². The number of halogens is 3. The molecule has 1 aromatic heterocycles. The number of unbranched alkanes of at least 4 members (excludes halogenated alkanes) is 3. The Kier molecular flexibility index (Phi) is 9.23. The maximum Gasteiger partial charge on any atom is 0.155 e. The molecule has 0 fully saturated rings. The molecule has 0 unspecified atom stereocenters. The van der Waals surface area contributed by atoms with E-state index in [1.165, 1.54) is 31.4 Å². The van der Waals surface area contributed by atoms with Gasteiger partial charge in [-0.3, -0.25) is 0 Å². The van der Waals surface area contributed by atoms with Crippen LogP contribution in [0.3, 0.4) is 0 Å². The summed E-state index contributed by atoms with van der Waals surface area (Å²) < 4.78 is 34.5. The van der Waals surface area contributed by atoms with Gasteiger partial charge in [0.15, 0.2) is 5.75 Å². The van der Waals surface area contributed by atoms with E-state index in [0.717, 1.165) is 35.2 Å². The minimum Gasteiger partial charge on any atom is -0.490 e. The van der Waals surface area contributed by atoms with E-state index in [0.29, 0.717) is 42.6 Å². The molecule has 1 heterocycles. The van der Waals surface area contributed by atoms with Crippen molar-refractivity contribution in [1.82, 2.24) is 9.97 Å². The first-order chi connectivity index (χ1) is 17.5. The van der Waals surface area contributed by atoms with E-state index in [-0.39, 0.29) is 10.8 Å². The molecule has 0 amide bonds. The van der Waals surface area contributed by atoms with Gasteiger partial charge in [0.25, 0.3) is 0 Å². The molecule has 3 nitrogen and oxygen atoms in total. The van der Waals surface area contributed by atoms with Gasteiger partial charge in [0.1, 0.15) is 17.5 Å². The topological polar surface area (TPSA) is 35.0 Å². The van der Waals surface area contributed by atoms with Gasteiger partial charge in [0.2, 0.25) is 0 Å². The number of rotatable bonds is 12. The van der Waals surface area contributed by atoms with E-state index < -0.39 is 5.82 Å². The van der Waals surface area contributed by atoms with Crippen LogP contribution in [0.4, 0.5) is 8.78 Å². The Morgan fingerprint density at radius 1 is 0.806 bits per heavy atom. The molecule has 0 spiro atoms. The highest BCUT2D eigenvalue weighted by atomic mass is 35.5. The third-order valence-corrected chi connectivity index (χ3v) is 6.66. The van der Waals surface area contributed by atoms with Crippen LogP contribution < -0.4 is 4.74 Å². The molecule has 0 aliphatic carbocycles. The second-order valence-corrected chi connectivity index (χ2v) is 9.49. The quantitative estimate of drug-likeness (QED) is 0.181. The van der Waals surface area contributed by atoms with E-state index in [1.54, 1.807) is 18.5 Å². The minimum atomic E-state index is -0.451. The number of nitrogens with zero attached hydrogens (tertiary/aromatic N) is 2. The summed E-state index contributed by atoms with van der Waals surface area (Å²) in [6.45, 7) is 2.88. The van der Waals surface area contributed by atoms with Crippen molar-refractivity contribution in [2.75, 3.05) is 6.61 Å². The Labute approximate surface area is 216 Å². The van der Waals surface area contributed by atoms with Crippen LogP contribution in [-0.2, 0) is 25.7 Å². The first kappa shape index (κ1) is 26.0. The first-order valence-electron chi connectivity index (χ1n) is 12.6. The molecule has 0 saturated heterocycles. The average Bonchev–Trinajstić information content (AvgIpc) is 2.89. The molecule has 0 aliphatic heterocycles. The minimum absolute atomic E-state index is 0.0946. The van der Waals surface area contributed by atoms with Crippen LogP contribution in [0.1, 0.15) is 55.1 Å². The van der Waals surface area contributed by atoms with Crippen molar-refractivity contribution in [3.63, 3.8) is 0 Å². The summed E-state index contributed by atoms with van der Waals surface area (Å²) in [4.78, 5) is 8.85. The van der Waals surface area contributed by atoms with Crippen molar-refractivity contribution in [1.29, 1.82) is 0 Å². The smallest absolute Gasteiger partial charge is 0.155 e. The number of ether oxygens (including phenoxy) is 1. The fourth-order valence-corrected chi connectivity index (χ4v) is 4.35. The van der Waals surface area contributed by atoms with Crippen molar-refractivity contribution >= 4 is 22.4 Å². The van der Waals surface area contributed by atoms with Gasteiger partial charge in [-0.05, 0) is 59.9 Å². The van der Waals surface area contributed by atoms with Crippen molar-refractivity contribution < 1.29 is 13.5 Å². The summed E-state index contributed by atoms with van der Waals surface area (Å²) in [6.07, 6.45) is 10.6. The Morgan fingerprint density at radius 3 is 2.33 bits per heavy atom. The van der Waals surface area contributed by atoms with Crippen molar-refractivity contribution in [3.05, 3.63) is 100 Å². The number of hydrogen-bond acceptors (Lipinski definition) is 3. The van der Waals surface area contributed by atoms with Gasteiger partial charge in [-0.15, -0.1) is 0 Å². The Hall–Kier alpha value is -3.05. The van der Waals surface area contributed by atoms with Crippen LogP contribution >= 0.6 is 11.6 Å². The SMILES string of the molecule is CCCCCCOc1cnc(CCc2ccc3c(F)c(CCc4ccc(Cl)c(F)c4)ccc3c2)nc1. The van der Waals surface area contributed by atoms with Gasteiger partial charge in [-0.25, -0.2) is 18.7 Å². The summed E-state index contributed by atoms with van der Waals surface area (Å²) in [5.41, 5.74) is 2.51. The normalized spacial score (nSPS) is 11.2. The third kappa shape index (κ3) is 7.01. The lowest BCUT2D eigenvalue weighted by molar-refractivity contribution is 0.302. The molecule has 0 atom stereocenters. The lowest BCUT2D eigenvalue weighted by Gasteiger charge is -2.09. The van der Waals surface area contributed by atoms with Gasteiger partial charge in [0.05, 0.1) is 24.0 Å². The fourth-order valence-electron chi connectivity index (χ4n) is 4.23. The van der Waals surface area contributed by atoms with E-state index >= 15 is 4.39 Å². The van der Waals surface area contributed by atoms with Gasteiger partial charge in [0, 0.05) is 11.8 Å². The molecule has 4 rings (SSSR count). The number of aryl methyl sites for hydroxylation is 4. The van der Waals surface area contributed by atoms with Crippen LogP contribution in [0.5, 0.6) is 5.75 Å². The second kappa shape index (κ2) is 12.8. The highest BCUT2D eigenvalue weighted by Gasteiger charge is 2.10. The monoisotopic (exact) mass is 508 g/mol. The van der Waals surface area contributed by atoms with E-state index in [2.05, 4.69) is 16.9 Å². The largest absolute Gasteiger partial charge is 0.490 e. The molecule has 0 aliphatic rings. The molecule has 3 aromatic carbocycles. The van der Waals surface area contributed by atoms with Crippen LogP contribution in [0.2, 0.25) is 5.02 Å². The number of fused-ring (bicyclic) bond motifs is 1. The molecule has 0 N–H and O–H groups in total. The Balaban J connectivity index is 1.33. The molecular formula is C30H31ClF2N2O. The summed E-state index contributed by atoms with van der Waals surface area (Å²) in [5.74, 6) is 0.789. The van der Waals surface area contributed by atoms with Crippen molar-refractivity contribution in [3.8, 4) is 5.75 Å². The van der Waals surface area contributed by atoms with Crippen molar-refractivity contribution in [2.45, 2.75) is 58.3 Å². The zero-order chi connectivity index (χ0) is 25.3. The molecule has 4 aromatic rings. The fraction of sp³-hybridized carbons (Fsp3) is 0.333. The maximum atomic E-state index is 15.2. The summed E-state index contributed by atoms with van der Waals surface area (Å²) >= 11 is 5.75. The zero-order valence-corrected chi connectivity index (χ0v) is 21.3. The van der Waals surface area contributed by atoms with Gasteiger partial charge >= 0.3 is 0 Å². The van der Waals surface area contributed by atoms with E-state index in [9.17, 15) is 4.39 Å². The molecule has 0 radical (unpaired) electrons. The van der Waals surface area contributed by atoms with Gasteiger partial charge in [-0.2, -0.15) is 0 Å². The first-order valence-corrected chi connectivity index (χ1v) is 13.0. The zero-order valence-electron chi connectivity index (χ0n) is 20.6. The number of benzene rings is 3. The molecule has 36 heavy (non-hydrogen) atoms. The highest BCUT2D eigenvalue weighted by Crippen LogP contribution is 2.25. The van der Waals surface area contributed by atoms with Crippen LogP contribution in [0.15, 0.2) is 60.9 Å². The highest BCUT2D eigenvalue weighted by molar-refractivity contribution is 6.30. The summed E-state index contributed by atoms with van der Waals surface area (Å²) in [5, 5.41) is 1.55. The molecule has 6 heteroatoms. The maximum absolute atomic E-state index is 15.2. The Morgan fingerprint density at radius 2 is 1.56 bits per heavy atom. The predicted octanol–water partition coefficient (Wildman–Crippen LogP) is 8.09. The summed E-state index contributed by atoms with van der Waals surface area (Å²) in [7, 11) is 0.